The SMILES string of the molecule is Cc1cc(Br)c(C2(CON)CC2)s1. The Morgan fingerprint density at radius 3 is 2.77 bits per heavy atom. The highest BCUT2D eigenvalue weighted by atomic mass is 79.9. The summed E-state index contributed by atoms with van der Waals surface area (Å²) in [6.45, 7) is 2.77. The first-order valence-electron chi connectivity index (χ1n) is 4.26. The van der Waals surface area contributed by atoms with Gasteiger partial charge in [-0.25, -0.2) is 5.90 Å². The molecular weight excluding hydrogens is 250 g/mol. The van der Waals surface area contributed by atoms with Crippen LogP contribution in [0.1, 0.15) is 22.6 Å². The van der Waals surface area contributed by atoms with Crippen molar-refractivity contribution in [1.29, 1.82) is 0 Å². The van der Waals surface area contributed by atoms with Gasteiger partial charge in [-0.15, -0.1) is 11.3 Å². The van der Waals surface area contributed by atoms with Gasteiger partial charge < -0.3 is 4.84 Å². The molecule has 4 heteroatoms. The largest absolute Gasteiger partial charge is 0.304 e. The van der Waals surface area contributed by atoms with Crippen molar-refractivity contribution in [3.63, 3.8) is 0 Å². The number of nitrogens with two attached hydrogens (primary N) is 1. The van der Waals surface area contributed by atoms with Gasteiger partial charge in [0, 0.05) is 19.6 Å². The zero-order valence-corrected chi connectivity index (χ0v) is 9.87. The molecule has 13 heavy (non-hydrogen) atoms. The predicted octanol–water partition coefficient (Wildman–Crippen LogP) is 2.74. The Labute approximate surface area is 90.2 Å². The minimum absolute atomic E-state index is 0.229. The van der Waals surface area contributed by atoms with Gasteiger partial charge in [-0.2, -0.15) is 0 Å². The van der Waals surface area contributed by atoms with E-state index >= 15 is 0 Å². The summed E-state index contributed by atoms with van der Waals surface area (Å²) in [7, 11) is 0. The lowest BCUT2D eigenvalue weighted by atomic mass is 10.1. The Morgan fingerprint density at radius 2 is 2.38 bits per heavy atom. The summed E-state index contributed by atoms with van der Waals surface area (Å²) in [5.74, 6) is 5.14. The fourth-order valence-corrected chi connectivity index (χ4v) is 3.89. The molecule has 2 rings (SSSR count). The molecule has 0 atom stereocenters. The van der Waals surface area contributed by atoms with E-state index in [-0.39, 0.29) is 5.41 Å². The van der Waals surface area contributed by atoms with Gasteiger partial charge in [0.1, 0.15) is 0 Å². The molecule has 1 aliphatic rings. The summed E-state index contributed by atoms with van der Waals surface area (Å²) >= 11 is 5.42. The second-order valence-electron chi connectivity index (χ2n) is 3.63. The molecule has 1 aromatic heterocycles. The molecule has 1 heterocycles. The summed E-state index contributed by atoms with van der Waals surface area (Å²) in [5, 5.41) is 0. The smallest absolute Gasteiger partial charge is 0.0784 e. The standard InChI is InChI=1S/C9H12BrNOS/c1-6-4-7(10)8(13-6)9(2-3-9)5-12-11/h4H,2-3,5,11H2,1H3. The van der Waals surface area contributed by atoms with Crippen LogP contribution in [0.25, 0.3) is 0 Å². The van der Waals surface area contributed by atoms with Crippen molar-refractivity contribution in [3.8, 4) is 0 Å². The molecule has 72 valence electrons. The van der Waals surface area contributed by atoms with E-state index in [1.807, 2.05) is 11.3 Å². The first-order valence-corrected chi connectivity index (χ1v) is 5.87. The molecule has 2 nitrogen and oxygen atoms in total. The van der Waals surface area contributed by atoms with Crippen LogP contribution in [0, 0.1) is 6.92 Å². The Bertz CT molecular complexity index is 319. The average Bonchev–Trinajstić information content (AvgIpc) is 2.74. The van der Waals surface area contributed by atoms with Crippen molar-refractivity contribution >= 4 is 27.3 Å². The third-order valence-corrected chi connectivity index (χ3v) is 4.69. The van der Waals surface area contributed by atoms with Crippen LogP contribution in [0.2, 0.25) is 0 Å². The summed E-state index contributed by atoms with van der Waals surface area (Å²) in [6.07, 6.45) is 2.39. The molecule has 0 amide bonds. The highest BCUT2D eigenvalue weighted by Crippen LogP contribution is 2.53. The Morgan fingerprint density at radius 1 is 1.69 bits per heavy atom. The van der Waals surface area contributed by atoms with Gasteiger partial charge in [0.25, 0.3) is 0 Å². The zero-order chi connectivity index (χ0) is 9.47. The molecular formula is C9H12BrNOS. The minimum atomic E-state index is 0.229. The quantitative estimate of drug-likeness (QED) is 0.850. The minimum Gasteiger partial charge on any atom is -0.304 e. The Hall–Kier alpha value is 0.1000. The fourth-order valence-electron chi connectivity index (χ4n) is 1.59. The van der Waals surface area contributed by atoms with Crippen LogP contribution in [0.15, 0.2) is 10.5 Å². The zero-order valence-electron chi connectivity index (χ0n) is 7.47. The normalized spacial score (nSPS) is 19.0. The average molecular weight is 262 g/mol. The van der Waals surface area contributed by atoms with E-state index in [1.54, 1.807) is 0 Å². The summed E-state index contributed by atoms with van der Waals surface area (Å²) < 4.78 is 1.21. The lowest BCUT2D eigenvalue weighted by Crippen LogP contribution is -2.17. The maximum Gasteiger partial charge on any atom is 0.0784 e. The van der Waals surface area contributed by atoms with E-state index in [0.29, 0.717) is 6.61 Å². The molecule has 0 radical (unpaired) electrons. The lowest BCUT2D eigenvalue weighted by molar-refractivity contribution is 0.117. The molecule has 1 aromatic rings. The lowest BCUT2D eigenvalue weighted by Gasteiger charge is -2.11. The molecule has 0 aromatic carbocycles. The van der Waals surface area contributed by atoms with Gasteiger partial charge in [-0.1, -0.05) is 0 Å². The molecule has 0 bridgehead atoms. The van der Waals surface area contributed by atoms with Crippen LogP contribution in [-0.2, 0) is 10.3 Å². The maximum atomic E-state index is 5.14. The number of rotatable bonds is 3. The molecule has 1 fully saturated rings. The number of halogens is 1. The maximum absolute atomic E-state index is 5.14. The van der Waals surface area contributed by atoms with E-state index in [0.717, 1.165) is 0 Å². The molecule has 1 saturated carbocycles. The first kappa shape index (κ1) is 9.65. The van der Waals surface area contributed by atoms with Crippen LogP contribution in [0.5, 0.6) is 0 Å². The molecule has 0 aliphatic heterocycles. The highest BCUT2D eigenvalue weighted by molar-refractivity contribution is 9.10. The molecule has 2 N–H and O–H groups in total. The van der Waals surface area contributed by atoms with Crippen LogP contribution >= 0.6 is 27.3 Å². The molecule has 0 spiro atoms. The number of thiophene rings is 1. The van der Waals surface area contributed by atoms with Crippen LogP contribution in [-0.4, -0.2) is 6.61 Å². The summed E-state index contributed by atoms with van der Waals surface area (Å²) in [4.78, 5) is 7.51. The van der Waals surface area contributed by atoms with Crippen LogP contribution in [0.3, 0.4) is 0 Å². The Kier molecular flexibility index (Phi) is 2.49. The van der Waals surface area contributed by atoms with Crippen LogP contribution < -0.4 is 5.90 Å². The van der Waals surface area contributed by atoms with Gasteiger partial charge >= 0.3 is 0 Å². The van der Waals surface area contributed by atoms with Crippen molar-refractivity contribution in [2.45, 2.75) is 25.2 Å². The van der Waals surface area contributed by atoms with E-state index in [2.05, 4.69) is 28.9 Å². The molecule has 1 aliphatic carbocycles. The van der Waals surface area contributed by atoms with Crippen molar-refractivity contribution in [1.82, 2.24) is 0 Å². The molecule has 0 unspecified atom stereocenters. The van der Waals surface area contributed by atoms with Gasteiger partial charge in [0.2, 0.25) is 0 Å². The van der Waals surface area contributed by atoms with Crippen molar-refractivity contribution in [2.75, 3.05) is 6.61 Å². The third kappa shape index (κ3) is 1.68. The highest BCUT2D eigenvalue weighted by Gasteiger charge is 2.47. The topological polar surface area (TPSA) is 35.2 Å². The van der Waals surface area contributed by atoms with Gasteiger partial charge in [-0.05, 0) is 41.8 Å². The fraction of sp³-hybridized carbons (Fsp3) is 0.556. The molecule has 0 saturated heterocycles. The number of hydrogen-bond acceptors (Lipinski definition) is 3. The summed E-state index contributed by atoms with van der Waals surface area (Å²) in [6, 6.07) is 2.16. The van der Waals surface area contributed by atoms with Crippen LogP contribution in [0.4, 0.5) is 0 Å². The van der Waals surface area contributed by atoms with E-state index in [9.17, 15) is 0 Å². The third-order valence-electron chi connectivity index (χ3n) is 2.50. The second-order valence-corrected chi connectivity index (χ2v) is 5.74. The van der Waals surface area contributed by atoms with E-state index in [4.69, 9.17) is 10.7 Å². The van der Waals surface area contributed by atoms with Crippen molar-refractivity contribution < 1.29 is 4.84 Å². The van der Waals surface area contributed by atoms with Gasteiger partial charge in [0.15, 0.2) is 0 Å². The van der Waals surface area contributed by atoms with Gasteiger partial charge in [0.05, 0.1) is 6.61 Å². The Balaban J connectivity index is 2.29. The monoisotopic (exact) mass is 261 g/mol. The number of aryl methyl sites for hydroxylation is 1. The second kappa shape index (κ2) is 3.35. The predicted molar refractivity (Wildman–Crippen MR) is 57.8 cm³/mol. The number of hydrogen-bond donors (Lipinski definition) is 1. The van der Waals surface area contributed by atoms with E-state index < -0.39 is 0 Å². The van der Waals surface area contributed by atoms with E-state index in [1.165, 1.54) is 27.1 Å². The van der Waals surface area contributed by atoms with Crippen molar-refractivity contribution in [3.05, 3.63) is 20.3 Å². The summed E-state index contributed by atoms with van der Waals surface area (Å²) in [5.41, 5.74) is 0.229. The van der Waals surface area contributed by atoms with Gasteiger partial charge in [-0.3, -0.25) is 0 Å². The van der Waals surface area contributed by atoms with Crippen molar-refractivity contribution in [2.24, 2.45) is 5.90 Å². The first-order chi connectivity index (χ1) is 6.18.